The zero-order valence-corrected chi connectivity index (χ0v) is 18.2. The van der Waals surface area contributed by atoms with Crippen molar-refractivity contribution in [1.29, 1.82) is 0 Å². The minimum atomic E-state index is -3.80. The van der Waals surface area contributed by atoms with Crippen LogP contribution in [-0.4, -0.2) is 66.3 Å². The number of hydrogen-bond donors (Lipinski definition) is 1. The van der Waals surface area contributed by atoms with Crippen molar-refractivity contribution in [3.05, 3.63) is 47.2 Å². The lowest BCUT2D eigenvalue weighted by atomic mass is 10.2. The lowest BCUT2D eigenvalue weighted by Crippen LogP contribution is -2.53. The molecule has 2 aromatic rings. The first-order valence-corrected chi connectivity index (χ1v) is 11.1. The van der Waals surface area contributed by atoms with Crippen molar-refractivity contribution in [2.24, 2.45) is 12.8 Å². The number of benzene rings is 1. The summed E-state index contributed by atoms with van der Waals surface area (Å²) in [6.45, 7) is 2.38. The fraction of sp³-hybridized carbons (Fsp3) is 0.368. The smallest absolute Gasteiger partial charge is 0.265 e. The Morgan fingerprint density at radius 1 is 1.17 bits per heavy atom. The predicted octanol–water partition coefficient (Wildman–Crippen LogP) is 1.08. The van der Waals surface area contributed by atoms with Gasteiger partial charge in [-0.15, -0.1) is 0 Å². The first-order valence-electron chi connectivity index (χ1n) is 9.27. The Labute approximate surface area is 180 Å². The number of carbonyl (C=O) groups excluding carboxylic acids is 2. The van der Waals surface area contributed by atoms with Gasteiger partial charge in [-0.05, 0) is 31.2 Å². The number of primary amides is 1. The van der Waals surface area contributed by atoms with Crippen LogP contribution in [0.4, 0.5) is 0 Å². The number of nitrogens with zero attached hydrogens (tertiary/aromatic N) is 3. The summed E-state index contributed by atoms with van der Waals surface area (Å²) >= 11 is 5.93. The zero-order valence-electron chi connectivity index (χ0n) is 16.6. The van der Waals surface area contributed by atoms with Crippen molar-refractivity contribution >= 4 is 33.4 Å². The first-order chi connectivity index (χ1) is 14.1. The first kappa shape index (κ1) is 22.1. The second kappa shape index (κ2) is 8.66. The molecular formula is C19H23ClN4O5S. The lowest BCUT2D eigenvalue weighted by Gasteiger charge is -2.35. The highest BCUT2D eigenvalue weighted by atomic mass is 35.5. The molecule has 1 aliphatic heterocycles. The van der Waals surface area contributed by atoms with Crippen molar-refractivity contribution < 1.29 is 22.7 Å². The van der Waals surface area contributed by atoms with Crippen molar-refractivity contribution in [2.75, 3.05) is 26.2 Å². The number of rotatable bonds is 6. The number of ether oxygens (including phenoxy) is 1. The van der Waals surface area contributed by atoms with E-state index < -0.39 is 22.0 Å². The molecule has 1 aromatic carbocycles. The maximum absolute atomic E-state index is 12.9. The monoisotopic (exact) mass is 454 g/mol. The van der Waals surface area contributed by atoms with Crippen LogP contribution in [0.15, 0.2) is 41.4 Å². The molecule has 1 saturated heterocycles. The molecule has 3 rings (SSSR count). The van der Waals surface area contributed by atoms with E-state index in [2.05, 4.69) is 0 Å². The Balaban J connectivity index is 1.63. The molecule has 0 bridgehead atoms. The van der Waals surface area contributed by atoms with Crippen LogP contribution in [0.3, 0.4) is 0 Å². The van der Waals surface area contributed by atoms with E-state index in [0.717, 1.165) is 0 Å². The van der Waals surface area contributed by atoms with Crippen LogP contribution in [0.5, 0.6) is 5.75 Å². The van der Waals surface area contributed by atoms with Crippen LogP contribution in [0.25, 0.3) is 0 Å². The fourth-order valence-electron chi connectivity index (χ4n) is 3.27. The third-order valence-electron chi connectivity index (χ3n) is 4.88. The van der Waals surface area contributed by atoms with Crippen LogP contribution in [0, 0.1) is 0 Å². The van der Waals surface area contributed by atoms with Gasteiger partial charge in [0.05, 0.1) is 0 Å². The highest BCUT2D eigenvalue weighted by molar-refractivity contribution is 7.89. The average Bonchev–Trinajstić information content (AvgIpc) is 3.10. The Morgan fingerprint density at radius 2 is 1.83 bits per heavy atom. The maximum Gasteiger partial charge on any atom is 0.265 e. The van der Waals surface area contributed by atoms with Gasteiger partial charge in [0.15, 0.2) is 6.10 Å². The number of carbonyl (C=O) groups is 2. The molecule has 1 fully saturated rings. The van der Waals surface area contributed by atoms with Crippen LogP contribution < -0.4 is 10.5 Å². The third kappa shape index (κ3) is 4.61. The molecule has 0 radical (unpaired) electrons. The summed E-state index contributed by atoms with van der Waals surface area (Å²) in [6, 6.07) is 8.03. The Kier molecular flexibility index (Phi) is 6.39. The third-order valence-corrected chi connectivity index (χ3v) is 6.98. The van der Waals surface area contributed by atoms with E-state index in [1.807, 2.05) is 0 Å². The minimum absolute atomic E-state index is 0.00349. The Bertz CT molecular complexity index is 1060. The topological polar surface area (TPSA) is 115 Å². The van der Waals surface area contributed by atoms with Gasteiger partial charge in [-0.25, -0.2) is 8.42 Å². The van der Waals surface area contributed by atoms with Gasteiger partial charge < -0.3 is 19.9 Å². The summed E-state index contributed by atoms with van der Waals surface area (Å²) in [4.78, 5) is 25.6. The normalized spacial score (nSPS) is 16.3. The molecule has 0 spiro atoms. The van der Waals surface area contributed by atoms with Gasteiger partial charge in [0, 0.05) is 44.4 Å². The molecular weight excluding hydrogens is 432 g/mol. The van der Waals surface area contributed by atoms with Crippen LogP contribution in [-0.2, 0) is 21.9 Å². The number of aromatic nitrogens is 1. The second-order valence-corrected chi connectivity index (χ2v) is 9.36. The molecule has 1 atom stereocenters. The second-order valence-electron chi connectivity index (χ2n) is 6.98. The highest BCUT2D eigenvalue weighted by Crippen LogP contribution is 2.22. The maximum atomic E-state index is 12.9. The summed E-state index contributed by atoms with van der Waals surface area (Å²) in [5, 5.41) is 0.506. The summed E-state index contributed by atoms with van der Waals surface area (Å²) in [6.07, 6.45) is 0.618. The highest BCUT2D eigenvalue weighted by Gasteiger charge is 2.33. The predicted molar refractivity (Wildman–Crippen MR) is 111 cm³/mol. The van der Waals surface area contributed by atoms with E-state index in [1.54, 1.807) is 43.1 Å². The van der Waals surface area contributed by atoms with E-state index >= 15 is 0 Å². The average molecular weight is 455 g/mol. The molecule has 2 heterocycles. The van der Waals surface area contributed by atoms with E-state index in [-0.39, 0.29) is 42.7 Å². The van der Waals surface area contributed by atoms with Crippen LogP contribution in [0.1, 0.15) is 17.4 Å². The Morgan fingerprint density at radius 3 is 2.40 bits per heavy atom. The molecule has 0 unspecified atom stereocenters. The minimum Gasteiger partial charge on any atom is -0.481 e. The molecule has 162 valence electrons. The zero-order chi connectivity index (χ0) is 22.1. The van der Waals surface area contributed by atoms with Crippen molar-refractivity contribution in [3.63, 3.8) is 0 Å². The number of hydrogen-bond acceptors (Lipinski definition) is 5. The van der Waals surface area contributed by atoms with Gasteiger partial charge in [0.25, 0.3) is 11.8 Å². The van der Waals surface area contributed by atoms with Gasteiger partial charge in [-0.2, -0.15) is 4.31 Å². The molecule has 2 N–H and O–H groups in total. The van der Waals surface area contributed by atoms with Gasteiger partial charge in [0.1, 0.15) is 16.3 Å². The van der Waals surface area contributed by atoms with E-state index in [0.29, 0.717) is 10.8 Å². The standard InChI is InChI=1S/C19H23ClN4O5S/c1-13(29-15-5-3-4-14(20)10-15)19(26)23-6-8-24(9-7-23)30(27,28)16-11-17(18(21)25)22(2)12-16/h3-5,10-13H,6-9H2,1-2H3,(H2,21,25)/t13-/m1/s1. The van der Waals surface area contributed by atoms with Crippen LogP contribution in [0.2, 0.25) is 5.02 Å². The molecule has 11 heteroatoms. The van der Waals surface area contributed by atoms with Gasteiger partial charge in [-0.1, -0.05) is 17.7 Å². The molecule has 1 aromatic heterocycles. The number of piperazine rings is 1. The number of nitrogens with two attached hydrogens (primary N) is 1. The lowest BCUT2D eigenvalue weighted by molar-refractivity contribution is -0.139. The molecule has 0 aliphatic carbocycles. The van der Waals surface area contributed by atoms with Crippen molar-refractivity contribution in [3.8, 4) is 5.75 Å². The Hall–Kier alpha value is -2.56. The molecule has 0 saturated carbocycles. The summed E-state index contributed by atoms with van der Waals surface area (Å²) in [7, 11) is -2.25. The SMILES string of the molecule is C[C@@H](Oc1cccc(Cl)c1)C(=O)N1CCN(S(=O)(=O)c2cc(C(N)=O)n(C)c2)CC1. The van der Waals surface area contributed by atoms with E-state index in [1.165, 1.54) is 21.1 Å². The van der Waals surface area contributed by atoms with E-state index in [9.17, 15) is 18.0 Å². The van der Waals surface area contributed by atoms with Gasteiger partial charge >= 0.3 is 0 Å². The van der Waals surface area contributed by atoms with Gasteiger partial charge in [0.2, 0.25) is 10.0 Å². The van der Waals surface area contributed by atoms with E-state index in [4.69, 9.17) is 22.1 Å². The fourth-order valence-corrected chi connectivity index (χ4v) is 4.94. The number of sulfonamides is 1. The quantitative estimate of drug-likeness (QED) is 0.701. The molecule has 2 amide bonds. The number of aryl methyl sites for hydroxylation is 1. The molecule has 1 aliphatic rings. The summed E-state index contributed by atoms with van der Waals surface area (Å²) < 4.78 is 34.1. The van der Waals surface area contributed by atoms with Gasteiger partial charge in [-0.3, -0.25) is 9.59 Å². The van der Waals surface area contributed by atoms with Crippen molar-refractivity contribution in [1.82, 2.24) is 13.8 Å². The van der Waals surface area contributed by atoms with Crippen molar-refractivity contribution in [2.45, 2.75) is 17.9 Å². The summed E-state index contributed by atoms with van der Waals surface area (Å²) in [5.74, 6) is -0.454. The number of amides is 2. The molecule has 30 heavy (non-hydrogen) atoms. The summed E-state index contributed by atoms with van der Waals surface area (Å²) in [5.41, 5.74) is 5.37. The molecule has 9 nitrogen and oxygen atoms in total. The van der Waals surface area contributed by atoms with Crippen LogP contribution >= 0.6 is 11.6 Å². The number of halogens is 1. The largest absolute Gasteiger partial charge is 0.481 e.